The number of esters is 1. The van der Waals surface area contributed by atoms with Gasteiger partial charge >= 0.3 is 5.97 Å². The Morgan fingerprint density at radius 3 is 2.83 bits per heavy atom. The number of halogens is 1. The maximum atomic E-state index is 11.6. The number of nitrogens with one attached hydrogen (secondary N) is 1. The van der Waals surface area contributed by atoms with E-state index in [2.05, 4.69) is 5.32 Å². The third-order valence-electron chi connectivity index (χ3n) is 3.20. The molecule has 1 amide bonds. The van der Waals surface area contributed by atoms with E-state index in [4.69, 9.17) is 16.3 Å². The molecular weight excluding hydrogens is 342 g/mol. The molecule has 1 atom stereocenters. The molecule has 6 nitrogen and oxygen atoms in total. The zero-order chi connectivity index (χ0) is 16.9. The molecule has 1 aromatic carbocycles. The van der Waals surface area contributed by atoms with E-state index in [-0.39, 0.29) is 11.5 Å². The summed E-state index contributed by atoms with van der Waals surface area (Å²) in [6.45, 7) is -0.449. The molecule has 1 aromatic rings. The Labute approximate surface area is 139 Å². The normalized spacial score (nSPS) is 19.6. The van der Waals surface area contributed by atoms with Gasteiger partial charge in [-0.05, 0) is 30.2 Å². The first-order valence-electron chi connectivity index (χ1n) is 6.94. The SMILES string of the molecule is O=C(COC(=O)C=Cc1cccc(Cl)c1)NC1CCS(=O)(=O)C1. The van der Waals surface area contributed by atoms with Crippen LogP contribution >= 0.6 is 11.6 Å². The second kappa shape index (κ2) is 7.61. The Hall–Kier alpha value is -1.86. The van der Waals surface area contributed by atoms with Crippen molar-refractivity contribution in [2.45, 2.75) is 12.5 Å². The molecule has 1 aliphatic rings. The molecule has 1 aliphatic heterocycles. The van der Waals surface area contributed by atoms with E-state index in [0.717, 1.165) is 5.56 Å². The largest absolute Gasteiger partial charge is 0.452 e. The van der Waals surface area contributed by atoms with E-state index in [1.54, 1.807) is 24.3 Å². The highest BCUT2D eigenvalue weighted by Gasteiger charge is 2.28. The second-order valence-electron chi connectivity index (χ2n) is 5.16. The summed E-state index contributed by atoms with van der Waals surface area (Å²) in [4.78, 5) is 23.1. The summed E-state index contributed by atoms with van der Waals surface area (Å²) in [6, 6.07) is 6.50. The van der Waals surface area contributed by atoms with E-state index < -0.39 is 34.4 Å². The molecular formula is C15H16ClNO5S. The van der Waals surface area contributed by atoms with Crippen LogP contribution < -0.4 is 5.32 Å². The molecule has 0 aliphatic carbocycles. The summed E-state index contributed by atoms with van der Waals surface area (Å²) in [7, 11) is -3.06. The molecule has 8 heteroatoms. The van der Waals surface area contributed by atoms with Crippen LogP contribution in [-0.4, -0.2) is 44.4 Å². The van der Waals surface area contributed by atoms with Crippen molar-refractivity contribution in [3.63, 3.8) is 0 Å². The van der Waals surface area contributed by atoms with Crippen LogP contribution in [0.15, 0.2) is 30.3 Å². The average molecular weight is 358 g/mol. The summed E-state index contributed by atoms with van der Waals surface area (Å²) in [6.07, 6.45) is 3.10. The van der Waals surface area contributed by atoms with Crippen LogP contribution in [0.25, 0.3) is 6.08 Å². The highest BCUT2D eigenvalue weighted by atomic mass is 35.5. The predicted molar refractivity (Wildman–Crippen MR) is 86.6 cm³/mol. The fourth-order valence-corrected chi connectivity index (χ4v) is 4.01. The monoisotopic (exact) mass is 357 g/mol. The molecule has 0 radical (unpaired) electrons. The number of hydrogen-bond acceptors (Lipinski definition) is 5. The minimum atomic E-state index is -3.06. The zero-order valence-corrected chi connectivity index (χ0v) is 13.8. The van der Waals surface area contributed by atoms with Gasteiger partial charge in [-0.3, -0.25) is 4.79 Å². The number of carbonyl (C=O) groups is 2. The van der Waals surface area contributed by atoms with Gasteiger partial charge in [0.25, 0.3) is 5.91 Å². The molecule has 0 aromatic heterocycles. The van der Waals surface area contributed by atoms with Gasteiger partial charge in [-0.15, -0.1) is 0 Å². The Morgan fingerprint density at radius 2 is 2.17 bits per heavy atom. The van der Waals surface area contributed by atoms with Crippen LogP contribution in [0.4, 0.5) is 0 Å². The number of ether oxygens (including phenoxy) is 1. The molecule has 124 valence electrons. The molecule has 1 fully saturated rings. The second-order valence-corrected chi connectivity index (χ2v) is 7.83. The lowest BCUT2D eigenvalue weighted by molar-refractivity contribution is -0.143. The van der Waals surface area contributed by atoms with E-state index >= 15 is 0 Å². The van der Waals surface area contributed by atoms with Gasteiger partial charge in [0, 0.05) is 17.1 Å². The van der Waals surface area contributed by atoms with Crippen molar-refractivity contribution in [1.29, 1.82) is 0 Å². The number of sulfone groups is 1. The molecule has 23 heavy (non-hydrogen) atoms. The molecule has 1 unspecified atom stereocenters. The number of amides is 1. The van der Waals surface area contributed by atoms with Crippen LogP contribution in [0.5, 0.6) is 0 Å². The highest BCUT2D eigenvalue weighted by molar-refractivity contribution is 7.91. The summed E-state index contributed by atoms with van der Waals surface area (Å²) in [5, 5.41) is 3.08. The third-order valence-corrected chi connectivity index (χ3v) is 5.21. The zero-order valence-electron chi connectivity index (χ0n) is 12.2. The van der Waals surface area contributed by atoms with Crippen LogP contribution in [0, 0.1) is 0 Å². The standard InChI is InChI=1S/C15H16ClNO5S/c16-12-3-1-2-11(8-12)4-5-15(19)22-9-14(18)17-13-6-7-23(20,21)10-13/h1-5,8,13H,6-7,9-10H2,(H,17,18). The first kappa shape index (κ1) is 17.5. The number of benzene rings is 1. The summed E-state index contributed by atoms with van der Waals surface area (Å²) in [5.41, 5.74) is 0.732. The van der Waals surface area contributed by atoms with Gasteiger partial charge < -0.3 is 10.1 Å². The van der Waals surface area contributed by atoms with Crippen molar-refractivity contribution in [2.24, 2.45) is 0 Å². The number of rotatable bonds is 5. The van der Waals surface area contributed by atoms with Gasteiger partial charge in [0.2, 0.25) is 0 Å². The maximum Gasteiger partial charge on any atom is 0.331 e. The van der Waals surface area contributed by atoms with Gasteiger partial charge in [-0.2, -0.15) is 0 Å². The smallest absolute Gasteiger partial charge is 0.331 e. The minimum Gasteiger partial charge on any atom is -0.452 e. The van der Waals surface area contributed by atoms with Gasteiger partial charge in [0.1, 0.15) is 0 Å². The van der Waals surface area contributed by atoms with Gasteiger partial charge in [-0.1, -0.05) is 23.7 Å². The van der Waals surface area contributed by atoms with Gasteiger partial charge in [-0.25, -0.2) is 13.2 Å². The molecule has 1 N–H and O–H groups in total. The quantitative estimate of drug-likeness (QED) is 0.631. The first-order valence-corrected chi connectivity index (χ1v) is 9.14. The van der Waals surface area contributed by atoms with Gasteiger partial charge in [0.15, 0.2) is 16.4 Å². The Balaban J connectivity index is 1.75. The van der Waals surface area contributed by atoms with Crippen molar-refractivity contribution in [3.8, 4) is 0 Å². The van der Waals surface area contributed by atoms with Crippen LogP contribution in [0.3, 0.4) is 0 Å². The lowest BCUT2D eigenvalue weighted by Crippen LogP contribution is -2.38. The van der Waals surface area contributed by atoms with Crippen molar-refractivity contribution in [1.82, 2.24) is 5.32 Å². The highest BCUT2D eigenvalue weighted by Crippen LogP contribution is 2.12. The lowest BCUT2D eigenvalue weighted by atomic mass is 10.2. The fraction of sp³-hybridized carbons (Fsp3) is 0.333. The first-order chi connectivity index (χ1) is 10.8. The molecule has 2 rings (SSSR count). The van der Waals surface area contributed by atoms with E-state index in [1.807, 2.05) is 0 Å². The van der Waals surface area contributed by atoms with Crippen LogP contribution in [0.2, 0.25) is 5.02 Å². The topological polar surface area (TPSA) is 89.5 Å². The average Bonchev–Trinajstić information content (AvgIpc) is 2.82. The molecule has 0 saturated carbocycles. The van der Waals surface area contributed by atoms with Crippen LogP contribution in [0.1, 0.15) is 12.0 Å². The van der Waals surface area contributed by atoms with E-state index in [0.29, 0.717) is 11.4 Å². The minimum absolute atomic E-state index is 0.0681. The molecule has 1 heterocycles. The van der Waals surface area contributed by atoms with Crippen molar-refractivity contribution in [2.75, 3.05) is 18.1 Å². The van der Waals surface area contributed by atoms with Crippen molar-refractivity contribution in [3.05, 3.63) is 40.9 Å². The Morgan fingerprint density at radius 1 is 1.39 bits per heavy atom. The maximum absolute atomic E-state index is 11.6. The Bertz CT molecular complexity index is 729. The van der Waals surface area contributed by atoms with Crippen LogP contribution in [-0.2, 0) is 24.2 Å². The summed E-state index contributed by atoms with van der Waals surface area (Å²) >= 11 is 5.82. The number of carbonyl (C=O) groups excluding carboxylic acids is 2. The van der Waals surface area contributed by atoms with Crippen molar-refractivity contribution < 1.29 is 22.7 Å². The summed E-state index contributed by atoms with van der Waals surface area (Å²) < 4.78 is 27.4. The molecule has 0 spiro atoms. The lowest BCUT2D eigenvalue weighted by Gasteiger charge is -2.10. The van der Waals surface area contributed by atoms with E-state index in [9.17, 15) is 18.0 Å². The molecule has 1 saturated heterocycles. The molecule has 0 bridgehead atoms. The summed E-state index contributed by atoms with van der Waals surface area (Å²) in [5.74, 6) is -1.18. The third kappa shape index (κ3) is 6.03. The van der Waals surface area contributed by atoms with E-state index in [1.165, 1.54) is 12.2 Å². The van der Waals surface area contributed by atoms with Crippen molar-refractivity contribution >= 4 is 39.4 Å². The number of hydrogen-bond donors (Lipinski definition) is 1. The Kier molecular flexibility index (Phi) is 5.79. The van der Waals surface area contributed by atoms with Gasteiger partial charge in [0.05, 0.1) is 11.5 Å². The fourth-order valence-electron chi connectivity index (χ4n) is 2.14. The predicted octanol–water partition coefficient (Wildman–Crippen LogP) is 1.20.